The molecular weight excluding hydrogens is 409 g/mol. The fourth-order valence-corrected chi connectivity index (χ4v) is 3.31. The Morgan fingerprint density at radius 2 is 2.00 bits per heavy atom. The first-order valence-electron chi connectivity index (χ1n) is 7.71. The summed E-state index contributed by atoms with van der Waals surface area (Å²) >= 11 is 13.2. The minimum atomic E-state index is -0.272. The summed E-state index contributed by atoms with van der Waals surface area (Å²) in [7, 11) is 1.57. The lowest BCUT2D eigenvalue weighted by Gasteiger charge is -2.09. The molecule has 0 bridgehead atoms. The van der Waals surface area contributed by atoms with Gasteiger partial charge in [-0.2, -0.15) is 0 Å². The Labute approximate surface area is 169 Å². The fourth-order valence-electron chi connectivity index (χ4n) is 2.31. The number of benzene rings is 2. The standard InChI is InChI=1S/C17H15Cl2N5O2S/c1-26-13-8-3-2-5-10(13)16-22-23-17(24(16)20)27-9-14(25)21-12-7-4-6-11(18)15(12)19/h2-8H,9,20H2,1H3,(H,21,25). The number of hydrogen-bond donors (Lipinski definition) is 2. The summed E-state index contributed by atoms with van der Waals surface area (Å²) < 4.78 is 6.64. The molecule has 0 spiro atoms. The number of para-hydroxylation sites is 1. The van der Waals surface area contributed by atoms with Crippen LogP contribution in [0.2, 0.25) is 10.0 Å². The number of carbonyl (C=O) groups excluding carboxylic acids is 1. The smallest absolute Gasteiger partial charge is 0.234 e. The number of anilines is 1. The van der Waals surface area contributed by atoms with Crippen molar-refractivity contribution in [2.45, 2.75) is 5.16 Å². The molecule has 0 fully saturated rings. The topological polar surface area (TPSA) is 95.1 Å². The Morgan fingerprint density at radius 3 is 2.78 bits per heavy atom. The van der Waals surface area contributed by atoms with Gasteiger partial charge in [-0.1, -0.05) is 53.2 Å². The lowest BCUT2D eigenvalue weighted by atomic mass is 10.2. The third-order valence-electron chi connectivity index (χ3n) is 3.57. The highest BCUT2D eigenvalue weighted by molar-refractivity contribution is 7.99. The number of nitrogens with zero attached hydrogens (tertiary/aromatic N) is 3. The van der Waals surface area contributed by atoms with Crippen molar-refractivity contribution >= 4 is 46.6 Å². The van der Waals surface area contributed by atoms with Crippen molar-refractivity contribution in [2.24, 2.45) is 0 Å². The average molecular weight is 424 g/mol. The van der Waals surface area contributed by atoms with E-state index in [9.17, 15) is 4.79 Å². The monoisotopic (exact) mass is 423 g/mol. The van der Waals surface area contributed by atoms with Crippen LogP contribution in [0.3, 0.4) is 0 Å². The highest BCUT2D eigenvalue weighted by Crippen LogP contribution is 2.31. The zero-order chi connectivity index (χ0) is 19.4. The summed E-state index contributed by atoms with van der Waals surface area (Å²) in [5, 5.41) is 11.9. The van der Waals surface area contributed by atoms with Gasteiger partial charge in [0.1, 0.15) is 5.75 Å². The molecule has 0 aliphatic heterocycles. The highest BCUT2D eigenvalue weighted by Gasteiger charge is 2.17. The quantitative estimate of drug-likeness (QED) is 0.463. The molecule has 0 aliphatic carbocycles. The van der Waals surface area contributed by atoms with Crippen LogP contribution in [0.15, 0.2) is 47.6 Å². The molecular formula is C17H15Cl2N5O2S. The number of nitrogens with one attached hydrogen (secondary N) is 1. The number of methoxy groups -OCH3 is 1. The summed E-state index contributed by atoms with van der Waals surface area (Å²) in [4.78, 5) is 12.2. The maximum atomic E-state index is 12.2. The van der Waals surface area contributed by atoms with Crippen molar-refractivity contribution in [1.82, 2.24) is 14.9 Å². The van der Waals surface area contributed by atoms with E-state index in [1.54, 1.807) is 31.4 Å². The van der Waals surface area contributed by atoms with Crippen LogP contribution in [-0.2, 0) is 4.79 Å². The van der Waals surface area contributed by atoms with Crippen molar-refractivity contribution in [3.63, 3.8) is 0 Å². The normalized spacial score (nSPS) is 10.6. The molecule has 0 atom stereocenters. The summed E-state index contributed by atoms with van der Waals surface area (Å²) in [5.41, 5.74) is 1.15. The second-order valence-corrected chi connectivity index (χ2v) is 7.04. The minimum Gasteiger partial charge on any atom is -0.496 e. The number of amides is 1. The predicted octanol–water partition coefficient (Wildman–Crippen LogP) is 3.71. The number of rotatable bonds is 6. The van der Waals surface area contributed by atoms with Gasteiger partial charge in [0.25, 0.3) is 0 Å². The number of nitrogen functional groups attached to an aromatic ring is 1. The molecule has 0 saturated carbocycles. The zero-order valence-corrected chi connectivity index (χ0v) is 16.5. The SMILES string of the molecule is COc1ccccc1-c1nnc(SCC(=O)Nc2cccc(Cl)c2Cl)n1N. The molecule has 3 aromatic rings. The Morgan fingerprint density at radius 1 is 1.22 bits per heavy atom. The number of ether oxygens (including phenoxy) is 1. The van der Waals surface area contributed by atoms with E-state index in [0.29, 0.717) is 33.0 Å². The van der Waals surface area contributed by atoms with Gasteiger partial charge in [0.15, 0.2) is 5.82 Å². The molecule has 1 heterocycles. The van der Waals surface area contributed by atoms with E-state index in [2.05, 4.69) is 15.5 Å². The number of aromatic nitrogens is 3. The van der Waals surface area contributed by atoms with E-state index in [-0.39, 0.29) is 16.7 Å². The predicted molar refractivity (Wildman–Crippen MR) is 108 cm³/mol. The number of halogens is 2. The maximum Gasteiger partial charge on any atom is 0.234 e. The van der Waals surface area contributed by atoms with Gasteiger partial charge in [-0.3, -0.25) is 4.79 Å². The van der Waals surface area contributed by atoms with Gasteiger partial charge in [-0.15, -0.1) is 10.2 Å². The highest BCUT2D eigenvalue weighted by atomic mass is 35.5. The Hall–Kier alpha value is -2.42. The van der Waals surface area contributed by atoms with Crippen LogP contribution in [-0.4, -0.2) is 33.6 Å². The molecule has 3 rings (SSSR count). The van der Waals surface area contributed by atoms with Crippen LogP contribution >= 0.6 is 35.0 Å². The fraction of sp³-hybridized carbons (Fsp3) is 0.118. The summed E-state index contributed by atoms with van der Waals surface area (Å²) in [6, 6.07) is 12.3. The molecule has 0 radical (unpaired) electrons. The number of hydrogen-bond acceptors (Lipinski definition) is 6. The lowest BCUT2D eigenvalue weighted by molar-refractivity contribution is -0.113. The van der Waals surface area contributed by atoms with E-state index in [1.807, 2.05) is 18.2 Å². The Balaban J connectivity index is 1.69. The molecule has 0 aliphatic rings. The molecule has 0 unspecified atom stereocenters. The van der Waals surface area contributed by atoms with Crippen LogP contribution in [0, 0.1) is 0 Å². The summed E-state index contributed by atoms with van der Waals surface area (Å²) in [5.74, 6) is 6.95. The molecule has 2 aromatic carbocycles. The summed E-state index contributed by atoms with van der Waals surface area (Å²) in [6.45, 7) is 0. The molecule has 140 valence electrons. The third-order valence-corrected chi connectivity index (χ3v) is 5.33. The van der Waals surface area contributed by atoms with Crippen LogP contribution < -0.4 is 15.9 Å². The van der Waals surface area contributed by atoms with Gasteiger partial charge in [0.2, 0.25) is 11.1 Å². The lowest BCUT2D eigenvalue weighted by Crippen LogP contribution is -2.16. The van der Waals surface area contributed by atoms with E-state index < -0.39 is 0 Å². The first-order chi connectivity index (χ1) is 13.0. The van der Waals surface area contributed by atoms with Gasteiger partial charge in [0, 0.05) is 0 Å². The van der Waals surface area contributed by atoms with Crippen molar-refractivity contribution in [2.75, 3.05) is 24.0 Å². The third kappa shape index (κ3) is 4.29. The van der Waals surface area contributed by atoms with Crippen LogP contribution in [0.25, 0.3) is 11.4 Å². The van der Waals surface area contributed by atoms with E-state index >= 15 is 0 Å². The number of nitrogens with two attached hydrogens (primary N) is 1. The van der Waals surface area contributed by atoms with Gasteiger partial charge in [-0.05, 0) is 24.3 Å². The van der Waals surface area contributed by atoms with Crippen LogP contribution in [0.4, 0.5) is 5.69 Å². The Kier molecular flexibility index (Phi) is 6.10. The van der Waals surface area contributed by atoms with Gasteiger partial charge < -0.3 is 15.9 Å². The molecule has 7 nitrogen and oxygen atoms in total. The molecule has 3 N–H and O–H groups in total. The molecule has 27 heavy (non-hydrogen) atoms. The zero-order valence-electron chi connectivity index (χ0n) is 14.1. The second kappa shape index (κ2) is 8.51. The van der Waals surface area contributed by atoms with Crippen molar-refractivity contribution in [3.8, 4) is 17.1 Å². The average Bonchev–Trinajstić information content (AvgIpc) is 3.04. The van der Waals surface area contributed by atoms with Crippen LogP contribution in [0.5, 0.6) is 5.75 Å². The maximum absolute atomic E-state index is 12.2. The van der Waals surface area contributed by atoms with E-state index in [1.165, 1.54) is 4.68 Å². The van der Waals surface area contributed by atoms with Gasteiger partial charge >= 0.3 is 0 Å². The largest absolute Gasteiger partial charge is 0.496 e. The first kappa shape index (κ1) is 19.3. The van der Waals surface area contributed by atoms with E-state index in [4.69, 9.17) is 33.8 Å². The van der Waals surface area contributed by atoms with Crippen molar-refractivity contribution in [1.29, 1.82) is 0 Å². The first-order valence-corrected chi connectivity index (χ1v) is 9.46. The summed E-state index contributed by atoms with van der Waals surface area (Å²) in [6.07, 6.45) is 0. The molecule has 0 saturated heterocycles. The number of thioether (sulfide) groups is 1. The molecule has 1 amide bonds. The second-order valence-electron chi connectivity index (χ2n) is 5.31. The van der Waals surface area contributed by atoms with Gasteiger partial charge in [-0.25, -0.2) is 4.68 Å². The van der Waals surface area contributed by atoms with Crippen LogP contribution in [0.1, 0.15) is 0 Å². The minimum absolute atomic E-state index is 0.0735. The Bertz CT molecular complexity index is 980. The van der Waals surface area contributed by atoms with Crippen molar-refractivity contribution in [3.05, 3.63) is 52.5 Å². The van der Waals surface area contributed by atoms with Crippen molar-refractivity contribution < 1.29 is 9.53 Å². The van der Waals surface area contributed by atoms with Gasteiger partial charge in [0.05, 0.1) is 34.2 Å². The molecule has 1 aromatic heterocycles. The number of carbonyl (C=O) groups is 1. The van der Waals surface area contributed by atoms with E-state index in [0.717, 1.165) is 11.8 Å². The molecule has 10 heteroatoms.